The molecule has 0 unspecified atom stereocenters. The highest BCUT2D eigenvalue weighted by Gasteiger charge is 2.22. The van der Waals surface area contributed by atoms with Crippen LogP contribution in [0.2, 0.25) is 0 Å². The zero-order valence-electron chi connectivity index (χ0n) is 18.6. The van der Waals surface area contributed by atoms with E-state index in [0.29, 0.717) is 17.2 Å². The minimum Gasteiger partial charge on any atom is -0.399 e. The highest BCUT2D eigenvalue weighted by Crippen LogP contribution is 2.38. The van der Waals surface area contributed by atoms with Crippen molar-refractivity contribution in [1.82, 2.24) is 0 Å². The molecule has 162 valence electrons. The zero-order valence-corrected chi connectivity index (χ0v) is 18.6. The van der Waals surface area contributed by atoms with Gasteiger partial charge in [-0.05, 0) is 78.0 Å². The summed E-state index contributed by atoms with van der Waals surface area (Å²) in [5, 5.41) is 0. The van der Waals surface area contributed by atoms with Crippen LogP contribution in [0.5, 0.6) is 0 Å². The van der Waals surface area contributed by atoms with Gasteiger partial charge in [0.2, 0.25) is 0 Å². The number of hydrogen-bond donors (Lipinski definition) is 1. The molecule has 2 heteroatoms. The van der Waals surface area contributed by atoms with Crippen molar-refractivity contribution in [2.45, 2.75) is 64.2 Å². The van der Waals surface area contributed by atoms with Crippen molar-refractivity contribution in [3.63, 3.8) is 0 Å². The van der Waals surface area contributed by atoms with Gasteiger partial charge in [0.1, 0.15) is 5.82 Å². The number of unbranched alkanes of at least 4 members (excludes halogenated alkanes) is 2. The SMILES string of the molecule is CCCCCC1CCC(c2ccc(-c3ccc(-c4ccc(N)cc4)c(F)c3)cc2)CC1. The molecule has 3 aromatic rings. The Morgan fingerprint density at radius 1 is 0.774 bits per heavy atom. The number of benzene rings is 3. The van der Waals surface area contributed by atoms with Crippen molar-refractivity contribution in [2.75, 3.05) is 5.73 Å². The molecule has 0 aromatic heterocycles. The van der Waals surface area contributed by atoms with Crippen LogP contribution in [-0.2, 0) is 0 Å². The average molecular weight is 416 g/mol. The van der Waals surface area contributed by atoms with E-state index in [4.69, 9.17) is 5.73 Å². The Bertz CT molecular complexity index is 967. The number of rotatable bonds is 7. The third-order valence-electron chi connectivity index (χ3n) is 6.97. The number of hydrogen-bond acceptors (Lipinski definition) is 1. The van der Waals surface area contributed by atoms with Gasteiger partial charge in [-0.25, -0.2) is 4.39 Å². The molecule has 0 aliphatic heterocycles. The molecule has 1 fully saturated rings. The highest BCUT2D eigenvalue weighted by molar-refractivity contribution is 5.72. The lowest BCUT2D eigenvalue weighted by molar-refractivity contribution is 0.303. The quantitative estimate of drug-likeness (QED) is 0.303. The average Bonchev–Trinajstić information content (AvgIpc) is 2.81. The Kier molecular flexibility index (Phi) is 7.06. The van der Waals surface area contributed by atoms with E-state index >= 15 is 0 Å². The Balaban J connectivity index is 1.40. The summed E-state index contributed by atoms with van der Waals surface area (Å²) in [6, 6.07) is 21.7. The van der Waals surface area contributed by atoms with E-state index in [1.54, 1.807) is 18.2 Å². The van der Waals surface area contributed by atoms with Gasteiger partial charge in [0, 0.05) is 11.3 Å². The van der Waals surface area contributed by atoms with Gasteiger partial charge >= 0.3 is 0 Å². The smallest absolute Gasteiger partial charge is 0.131 e. The normalized spacial score (nSPS) is 18.8. The molecule has 0 bridgehead atoms. The van der Waals surface area contributed by atoms with Crippen molar-refractivity contribution in [1.29, 1.82) is 0 Å². The maximum absolute atomic E-state index is 14.8. The van der Waals surface area contributed by atoms with Gasteiger partial charge < -0.3 is 5.73 Å². The second-order valence-electron chi connectivity index (χ2n) is 9.15. The first-order chi connectivity index (χ1) is 15.1. The molecule has 0 radical (unpaired) electrons. The van der Waals surface area contributed by atoms with Crippen LogP contribution >= 0.6 is 0 Å². The molecule has 1 aliphatic carbocycles. The minimum atomic E-state index is -0.201. The summed E-state index contributed by atoms with van der Waals surface area (Å²) in [6.45, 7) is 2.28. The molecule has 2 N–H and O–H groups in total. The summed E-state index contributed by atoms with van der Waals surface area (Å²) in [5.41, 5.74) is 11.3. The number of halogens is 1. The molecule has 1 nitrogen and oxygen atoms in total. The molecule has 0 amide bonds. The summed E-state index contributed by atoms with van der Waals surface area (Å²) in [7, 11) is 0. The molecular weight excluding hydrogens is 381 g/mol. The summed E-state index contributed by atoms with van der Waals surface area (Å²) < 4.78 is 14.8. The van der Waals surface area contributed by atoms with Gasteiger partial charge in [-0.15, -0.1) is 0 Å². The number of nitrogen functional groups attached to an aromatic ring is 1. The molecule has 4 rings (SSSR count). The molecule has 31 heavy (non-hydrogen) atoms. The van der Waals surface area contributed by atoms with E-state index in [9.17, 15) is 4.39 Å². The van der Waals surface area contributed by atoms with Gasteiger partial charge in [0.25, 0.3) is 0 Å². The van der Waals surface area contributed by atoms with Gasteiger partial charge in [0.05, 0.1) is 0 Å². The van der Waals surface area contributed by atoms with Crippen molar-refractivity contribution < 1.29 is 4.39 Å². The van der Waals surface area contributed by atoms with Crippen LogP contribution < -0.4 is 5.73 Å². The molecular formula is C29H34FN. The van der Waals surface area contributed by atoms with Crippen LogP contribution in [0, 0.1) is 11.7 Å². The van der Waals surface area contributed by atoms with Gasteiger partial charge in [-0.2, -0.15) is 0 Å². The summed E-state index contributed by atoms with van der Waals surface area (Å²) in [4.78, 5) is 0. The second-order valence-corrected chi connectivity index (χ2v) is 9.15. The lowest BCUT2D eigenvalue weighted by atomic mass is 9.77. The first-order valence-corrected chi connectivity index (χ1v) is 11.9. The van der Waals surface area contributed by atoms with Crippen molar-refractivity contribution in [3.8, 4) is 22.3 Å². The van der Waals surface area contributed by atoms with Crippen LogP contribution in [0.3, 0.4) is 0 Å². The van der Waals surface area contributed by atoms with E-state index in [2.05, 4.69) is 31.2 Å². The summed E-state index contributed by atoms with van der Waals surface area (Å²) >= 11 is 0. The molecule has 0 spiro atoms. The van der Waals surface area contributed by atoms with E-state index in [1.807, 2.05) is 24.3 Å². The molecule has 0 atom stereocenters. The topological polar surface area (TPSA) is 26.0 Å². The zero-order chi connectivity index (χ0) is 21.6. The standard InChI is InChI=1S/C29H34FN/c1-2-3-4-5-21-6-8-22(9-7-21)23-10-12-24(13-11-23)26-16-19-28(29(30)20-26)25-14-17-27(31)18-15-25/h10-22H,2-9,31H2,1H3. The summed E-state index contributed by atoms with van der Waals surface area (Å²) in [5.74, 6) is 1.42. The largest absolute Gasteiger partial charge is 0.399 e. The van der Waals surface area contributed by atoms with Crippen molar-refractivity contribution in [2.24, 2.45) is 5.92 Å². The molecule has 1 saturated carbocycles. The van der Waals surface area contributed by atoms with E-state index in [-0.39, 0.29) is 5.82 Å². The Labute approximate surface area is 186 Å². The van der Waals surface area contributed by atoms with Gasteiger partial charge in [-0.1, -0.05) is 81.1 Å². The lowest BCUT2D eigenvalue weighted by Crippen LogP contribution is -2.13. The first-order valence-electron chi connectivity index (χ1n) is 11.9. The fourth-order valence-corrected chi connectivity index (χ4v) is 5.01. The van der Waals surface area contributed by atoms with E-state index < -0.39 is 0 Å². The second kappa shape index (κ2) is 10.1. The van der Waals surface area contributed by atoms with E-state index in [0.717, 1.165) is 22.6 Å². The summed E-state index contributed by atoms with van der Waals surface area (Å²) in [6.07, 6.45) is 10.9. The monoisotopic (exact) mass is 415 g/mol. The molecule has 1 aliphatic rings. The van der Waals surface area contributed by atoms with Crippen LogP contribution in [0.15, 0.2) is 66.7 Å². The number of nitrogens with two attached hydrogens (primary N) is 1. The number of anilines is 1. The molecule has 0 heterocycles. The predicted octanol–water partition coefficient (Wildman–Crippen LogP) is 8.60. The first kappa shape index (κ1) is 21.6. The van der Waals surface area contributed by atoms with Crippen molar-refractivity contribution >= 4 is 5.69 Å². The predicted molar refractivity (Wildman–Crippen MR) is 131 cm³/mol. The van der Waals surface area contributed by atoms with Gasteiger partial charge in [-0.3, -0.25) is 0 Å². The fourth-order valence-electron chi connectivity index (χ4n) is 5.01. The maximum atomic E-state index is 14.8. The fraction of sp³-hybridized carbons (Fsp3) is 0.379. The third-order valence-corrected chi connectivity index (χ3v) is 6.97. The maximum Gasteiger partial charge on any atom is 0.131 e. The third kappa shape index (κ3) is 5.36. The lowest BCUT2D eigenvalue weighted by Gasteiger charge is -2.29. The van der Waals surface area contributed by atoms with E-state index in [1.165, 1.54) is 56.9 Å². The van der Waals surface area contributed by atoms with Crippen molar-refractivity contribution in [3.05, 3.63) is 78.1 Å². The highest BCUT2D eigenvalue weighted by atomic mass is 19.1. The molecule has 3 aromatic carbocycles. The molecule has 0 saturated heterocycles. The van der Waals surface area contributed by atoms with Crippen LogP contribution in [-0.4, -0.2) is 0 Å². The Morgan fingerprint density at radius 2 is 1.42 bits per heavy atom. The Morgan fingerprint density at radius 3 is 2.06 bits per heavy atom. The van der Waals surface area contributed by atoms with Crippen LogP contribution in [0.1, 0.15) is 69.8 Å². The minimum absolute atomic E-state index is 0.201. The van der Waals surface area contributed by atoms with Crippen LogP contribution in [0.25, 0.3) is 22.3 Å². The van der Waals surface area contributed by atoms with Crippen LogP contribution in [0.4, 0.5) is 10.1 Å². The Hall–Kier alpha value is -2.61. The van der Waals surface area contributed by atoms with Gasteiger partial charge in [0.15, 0.2) is 0 Å².